The van der Waals surface area contributed by atoms with Gasteiger partial charge < -0.3 is 5.32 Å². The molecule has 4 heteroatoms. The molecule has 2 aromatic rings. The molecule has 0 spiro atoms. The standard InChI is InChI=1S/C13H15ClN2S/c1-3-15-12(13-16-9(2)8-17-13)10-4-6-11(14)7-5-10/h4-8,12,15H,3H2,1-2H3. The summed E-state index contributed by atoms with van der Waals surface area (Å²) in [5, 5.41) is 7.40. The summed E-state index contributed by atoms with van der Waals surface area (Å²) in [6, 6.07) is 8.10. The number of hydrogen-bond donors (Lipinski definition) is 1. The molecule has 1 N–H and O–H groups in total. The van der Waals surface area contributed by atoms with Crippen LogP contribution in [0.3, 0.4) is 0 Å². The predicted molar refractivity (Wildman–Crippen MR) is 73.8 cm³/mol. The highest BCUT2D eigenvalue weighted by Gasteiger charge is 2.15. The Morgan fingerprint density at radius 2 is 2.06 bits per heavy atom. The van der Waals surface area contributed by atoms with Gasteiger partial charge >= 0.3 is 0 Å². The van der Waals surface area contributed by atoms with Crippen molar-refractivity contribution in [1.82, 2.24) is 10.3 Å². The van der Waals surface area contributed by atoms with Crippen LogP contribution < -0.4 is 5.32 Å². The Morgan fingerprint density at radius 1 is 1.35 bits per heavy atom. The molecule has 0 amide bonds. The molecule has 0 aliphatic heterocycles. The molecule has 0 fully saturated rings. The lowest BCUT2D eigenvalue weighted by Gasteiger charge is -2.15. The molecule has 1 aromatic heterocycles. The highest BCUT2D eigenvalue weighted by atomic mass is 35.5. The van der Waals surface area contributed by atoms with E-state index >= 15 is 0 Å². The minimum Gasteiger partial charge on any atom is -0.305 e. The second-order valence-electron chi connectivity index (χ2n) is 3.87. The lowest BCUT2D eigenvalue weighted by atomic mass is 10.1. The van der Waals surface area contributed by atoms with E-state index in [4.69, 9.17) is 11.6 Å². The Hall–Kier alpha value is -0.900. The zero-order valence-corrected chi connectivity index (χ0v) is 11.5. The number of aromatic nitrogens is 1. The van der Waals surface area contributed by atoms with Crippen LogP contribution >= 0.6 is 22.9 Å². The SMILES string of the molecule is CCNC(c1ccc(Cl)cc1)c1nc(C)cs1. The largest absolute Gasteiger partial charge is 0.305 e. The first-order valence-electron chi connectivity index (χ1n) is 5.61. The average molecular weight is 267 g/mol. The third-order valence-electron chi connectivity index (χ3n) is 2.50. The number of nitrogens with zero attached hydrogens (tertiary/aromatic N) is 1. The van der Waals surface area contributed by atoms with Gasteiger partial charge in [-0.25, -0.2) is 4.98 Å². The lowest BCUT2D eigenvalue weighted by Crippen LogP contribution is -2.21. The molecule has 1 unspecified atom stereocenters. The van der Waals surface area contributed by atoms with Crippen LogP contribution in [0.5, 0.6) is 0 Å². The second kappa shape index (κ2) is 5.63. The normalized spacial score (nSPS) is 12.6. The van der Waals surface area contributed by atoms with Crippen molar-refractivity contribution < 1.29 is 0 Å². The first-order valence-corrected chi connectivity index (χ1v) is 6.87. The van der Waals surface area contributed by atoms with Crippen molar-refractivity contribution in [3.05, 3.63) is 50.9 Å². The monoisotopic (exact) mass is 266 g/mol. The topological polar surface area (TPSA) is 24.9 Å². The van der Waals surface area contributed by atoms with Crippen LogP contribution in [0.4, 0.5) is 0 Å². The van der Waals surface area contributed by atoms with E-state index in [9.17, 15) is 0 Å². The van der Waals surface area contributed by atoms with Crippen LogP contribution in [-0.2, 0) is 0 Å². The summed E-state index contributed by atoms with van der Waals surface area (Å²) in [5.74, 6) is 0. The molecule has 90 valence electrons. The molecule has 1 aromatic carbocycles. The Labute approximate surface area is 111 Å². The molecule has 17 heavy (non-hydrogen) atoms. The number of rotatable bonds is 4. The van der Waals surface area contributed by atoms with E-state index in [2.05, 4.69) is 22.6 Å². The van der Waals surface area contributed by atoms with Crippen molar-refractivity contribution in [1.29, 1.82) is 0 Å². The third kappa shape index (κ3) is 3.06. The van der Waals surface area contributed by atoms with Crippen LogP contribution in [0.1, 0.15) is 29.2 Å². The van der Waals surface area contributed by atoms with E-state index < -0.39 is 0 Å². The van der Waals surface area contributed by atoms with Gasteiger partial charge in [0.1, 0.15) is 5.01 Å². The van der Waals surface area contributed by atoms with Crippen molar-refractivity contribution in [2.24, 2.45) is 0 Å². The smallest absolute Gasteiger partial charge is 0.114 e. The van der Waals surface area contributed by atoms with Crippen LogP contribution in [-0.4, -0.2) is 11.5 Å². The van der Waals surface area contributed by atoms with Crippen LogP contribution in [0, 0.1) is 6.92 Å². The molecule has 0 saturated heterocycles. The number of aryl methyl sites for hydroxylation is 1. The van der Waals surface area contributed by atoms with Crippen molar-refractivity contribution >= 4 is 22.9 Å². The van der Waals surface area contributed by atoms with E-state index in [0.717, 1.165) is 22.3 Å². The summed E-state index contributed by atoms with van der Waals surface area (Å²) in [7, 11) is 0. The van der Waals surface area contributed by atoms with Crippen LogP contribution in [0.15, 0.2) is 29.6 Å². The maximum atomic E-state index is 5.91. The van der Waals surface area contributed by atoms with E-state index in [1.54, 1.807) is 11.3 Å². The number of nitrogens with one attached hydrogen (secondary N) is 1. The van der Waals surface area contributed by atoms with E-state index in [1.807, 2.05) is 31.2 Å². The summed E-state index contributed by atoms with van der Waals surface area (Å²) >= 11 is 7.60. The number of halogens is 1. The van der Waals surface area contributed by atoms with Crippen LogP contribution in [0.2, 0.25) is 5.02 Å². The summed E-state index contributed by atoms with van der Waals surface area (Å²) < 4.78 is 0. The van der Waals surface area contributed by atoms with E-state index in [1.165, 1.54) is 5.56 Å². The summed E-state index contributed by atoms with van der Waals surface area (Å²) in [4.78, 5) is 4.55. The maximum Gasteiger partial charge on any atom is 0.114 e. The van der Waals surface area contributed by atoms with Gasteiger partial charge in [0.15, 0.2) is 0 Å². The molecular weight excluding hydrogens is 252 g/mol. The third-order valence-corrected chi connectivity index (χ3v) is 3.77. The number of thiazole rings is 1. The van der Waals surface area contributed by atoms with Gasteiger partial charge in [0.25, 0.3) is 0 Å². The molecule has 0 aliphatic rings. The Kier molecular flexibility index (Phi) is 4.15. The van der Waals surface area contributed by atoms with Gasteiger partial charge in [-0.05, 0) is 31.2 Å². The Bertz CT molecular complexity index is 478. The maximum absolute atomic E-state index is 5.91. The average Bonchev–Trinajstić information content (AvgIpc) is 2.74. The molecule has 0 aliphatic carbocycles. The van der Waals surface area contributed by atoms with Crippen molar-refractivity contribution in [3.8, 4) is 0 Å². The van der Waals surface area contributed by atoms with Crippen molar-refractivity contribution in [2.75, 3.05) is 6.54 Å². The van der Waals surface area contributed by atoms with Gasteiger partial charge in [0.2, 0.25) is 0 Å². The van der Waals surface area contributed by atoms with Gasteiger partial charge in [-0.1, -0.05) is 30.7 Å². The Balaban J connectivity index is 2.31. The lowest BCUT2D eigenvalue weighted by molar-refractivity contribution is 0.626. The van der Waals surface area contributed by atoms with Gasteiger partial charge in [0, 0.05) is 16.1 Å². The van der Waals surface area contributed by atoms with Gasteiger partial charge in [-0.15, -0.1) is 11.3 Å². The molecule has 1 atom stereocenters. The van der Waals surface area contributed by atoms with E-state index in [-0.39, 0.29) is 6.04 Å². The van der Waals surface area contributed by atoms with Crippen molar-refractivity contribution in [3.63, 3.8) is 0 Å². The summed E-state index contributed by atoms with van der Waals surface area (Å²) in [6.45, 7) is 5.03. The quantitative estimate of drug-likeness (QED) is 0.910. The summed E-state index contributed by atoms with van der Waals surface area (Å²) in [5.41, 5.74) is 2.27. The first kappa shape index (κ1) is 12.6. The molecule has 2 rings (SSSR count). The van der Waals surface area contributed by atoms with Gasteiger partial charge in [0.05, 0.1) is 6.04 Å². The molecule has 0 bridgehead atoms. The minimum absolute atomic E-state index is 0.163. The fraction of sp³-hybridized carbons (Fsp3) is 0.308. The fourth-order valence-corrected chi connectivity index (χ4v) is 2.73. The fourth-order valence-electron chi connectivity index (χ4n) is 1.71. The highest BCUT2D eigenvalue weighted by molar-refractivity contribution is 7.09. The minimum atomic E-state index is 0.163. The summed E-state index contributed by atoms with van der Waals surface area (Å²) in [6.07, 6.45) is 0. The Morgan fingerprint density at radius 3 is 2.59 bits per heavy atom. The molecule has 0 radical (unpaired) electrons. The number of hydrogen-bond acceptors (Lipinski definition) is 3. The van der Waals surface area contributed by atoms with E-state index in [0.29, 0.717) is 0 Å². The van der Waals surface area contributed by atoms with Gasteiger partial charge in [-0.2, -0.15) is 0 Å². The molecule has 0 saturated carbocycles. The molecule has 1 heterocycles. The zero-order chi connectivity index (χ0) is 12.3. The predicted octanol–water partition coefficient (Wildman–Crippen LogP) is 3.80. The van der Waals surface area contributed by atoms with Crippen molar-refractivity contribution in [2.45, 2.75) is 19.9 Å². The highest BCUT2D eigenvalue weighted by Crippen LogP contribution is 2.25. The second-order valence-corrected chi connectivity index (χ2v) is 5.20. The zero-order valence-electron chi connectivity index (χ0n) is 9.90. The first-order chi connectivity index (χ1) is 8.20. The van der Waals surface area contributed by atoms with Gasteiger partial charge in [-0.3, -0.25) is 0 Å². The molecule has 2 nitrogen and oxygen atoms in total. The molecular formula is C13H15ClN2S. The van der Waals surface area contributed by atoms with Crippen LogP contribution in [0.25, 0.3) is 0 Å². The number of benzene rings is 1.